The van der Waals surface area contributed by atoms with E-state index in [2.05, 4.69) is 12.2 Å². The molecule has 0 aliphatic carbocycles. The molecule has 3 nitrogen and oxygen atoms in total. The summed E-state index contributed by atoms with van der Waals surface area (Å²) in [6.45, 7) is 2.08. The van der Waals surface area contributed by atoms with Crippen molar-refractivity contribution in [3.63, 3.8) is 0 Å². The first kappa shape index (κ1) is 12.4. The van der Waals surface area contributed by atoms with Gasteiger partial charge in [0, 0.05) is 12.1 Å². The highest BCUT2D eigenvalue weighted by Crippen LogP contribution is 2.26. The average molecular weight is 253 g/mol. The summed E-state index contributed by atoms with van der Waals surface area (Å²) < 4.78 is 0. The van der Waals surface area contributed by atoms with E-state index in [0.717, 1.165) is 18.4 Å². The Morgan fingerprint density at radius 1 is 1.47 bits per heavy atom. The van der Waals surface area contributed by atoms with Gasteiger partial charge in [0.15, 0.2) is 0 Å². The van der Waals surface area contributed by atoms with Gasteiger partial charge in [-0.25, -0.2) is 0 Å². The van der Waals surface area contributed by atoms with Gasteiger partial charge in [-0.2, -0.15) is 0 Å². The molecule has 1 aliphatic rings. The lowest BCUT2D eigenvalue weighted by atomic mass is 10.1. The van der Waals surface area contributed by atoms with Crippen LogP contribution in [0.4, 0.5) is 0 Å². The Bertz CT molecular complexity index is 422. The third-order valence-corrected chi connectivity index (χ3v) is 3.37. The van der Waals surface area contributed by atoms with Gasteiger partial charge in [0.1, 0.15) is 6.17 Å². The van der Waals surface area contributed by atoms with Crippen LogP contribution in [-0.4, -0.2) is 23.9 Å². The fourth-order valence-electron chi connectivity index (χ4n) is 2.24. The summed E-state index contributed by atoms with van der Waals surface area (Å²) in [5.41, 5.74) is 1.03. The second kappa shape index (κ2) is 5.07. The zero-order valence-corrected chi connectivity index (χ0v) is 10.9. The summed E-state index contributed by atoms with van der Waals surface area (Å²) >= 11 is 5.97. The fourth-order valence-corrected chi connectivity index (χ4v) is 2.44. The van der Waals surface area contributed by atoms with Crippen molar-refractivity contribution < 1.29 is 4.79 Å². The van der Waals surface area contributed by atoms with Crippen LogP contribution in [0.5, 0.6) is 0 Å². The summed E-state index contributed by atoms with van der Waals surface area (Å²) in [6.07, 6.45) is 1.82. The van der Waals surface area contributed by atoms with Crippen molar-refractivity contribution in [2.45, 2.75) is 32.0 Å². The quantitative estimate of drug-likeness (QED) is 0.897. The van der Waals surface area contributed by atoms with Crippen molar-refractivity contribution in [3.05, 3.63) is 34.9 Å². The van der Waals surface area contributed by atoms with E-state index in [1.807, 2.05) is 31.3 Å². The largest absolute Gasteiger partial charge is 0.325 e. The monoisotopic (exact) mass is 252 g/mol. The molecule has 1 heterocycles. The smallest absolute Gasteiger partial charge is 0.241 e. The minimum absolute atomic E-state index is 0.0576. The number of nitrogens with one attached hydrogen (secondary N) is 1. The van der Waals surface area contributed by atoms with E-state index in [1.54, 1.807) is 4.90 Å². The summed E-state index contributed by atoms with van der Waals surface area (Å²) in [5, 5.41) is 4.05. The molecule has 92 valence electrons. The van der Waals surface area contributed by atoms with Crippen LogP contribution < -0.4 is 5.32 Å². The third kappa shape index (κ3) is 2.45. The predicted octanol–water partition coefficient (Wildman–Crippen LogP) is 2.57. The Balaban J connectivity index is 2.20. The number of hydrogen-bond acceptors (Lipinski definition) is 2. The number of halogens is 1. The van der Waals surface area contributed by atoms with Gasteiger partial charge >= 0.3 is 0 Å². The van der Waals surface area contributed by atoms with Crippen molar-refractivity contribution in [1.29, 1.82) is 0 Å². The lowest BCUT2D eigenvalue weighted by molar-refractivity contribution is -0.128. The number of hydrogen-bond donors (Lipinski definition) is 1. The first-order valence-corrected chi connectivity index (χ1v) is 6.29. The van der Waals surface area contributed by atoms with Crippen molar-refractivity contribution in [3.8, 4) is 0 Å². The number of benzene rings is 1. The summed E-state index contributed by atoms with van der Waals surface area (Å²) in [5.74, 6) is 0.164. The van der Waals surface area contributed by atoms with Crippen molar-refractivity contribution in [1.82, 2.24) is 10.2 Å². The number of likely N-dealkylation sites (N-methyl/N-ethyl adjacent to an activating group) is 1. The highest BCUT2D eigenvalue weighted by Gasteiger charge is 2.36. The second-order valence-corrected chi connectivity index (χ2v) is 4.85. The van der Waals surface area contributed by atoms with E-state index in [-0.39, 0.29) is 18.1 Å². The maximum atomic E-state index is 12.0. The van der Waals surface area contributed by atoms with Gasteiger partial charge in [-0.1, -0.05) is 37.1 Å². The van der Waals surface area contributed by atoms with Gasteiger partial charge in [-0.05, 0) is 24.1 Å². The van der Waals surface area contributed by atoms with Gasteiger partial charge in [-0.15, -0.1) is 0 Å². The highest BCUT2D eigenvalue weighted by atomic mass is 35.5. The van der Waals surface area contributed by atoms with Crippen LogP contribution in [-0.2, 0) is 4.79 Å². The molecule has 1 N–H and O–H groups in total. The normalized spacial score (nSPS) is 24.4. The number of nitrogens with zero attached hydrogens (tertiary/aromatic N) is 1. The minimum atomic E-state index is -0.0611. The summed E-state index contributed by atoms with van der Waals surface area (Å²) in [7, 11) is 1.83. The molecule has 4 heteroatoms. The molecule has 1 amide bonds. The summed E-state index contributed by atoms with van der Waals surface area (Å²) in [4.78, 5) is 13.8. The van der Waals surface area contributed by atoms with Crippen LogP contribution in [0.25, 0.3) is 0 Å². The van der Waals surface area contributed by atoms with Gasteiger partial charge in [0.25, 0.3) is 0 Å². The van der Waals surface area contributed by atoms with Crippen molar-refractivity contribution in [2.24, 2.45) is 0 Å². The molecule has 2 unspecified atom stereocenters. The molecule has 0 aromatic heterocycles. The van der Waals surface area contributed by atoms with E-state index in [4.69, 9.17) is 11.6 Å². The van der Waals surface area contributed by atoms with Crippen LogP contribution in [0.15, 0.2) is 24.3 Å². The standard InChI is InChI=1S/C13H17ClN2O/c1-3-5-11-13(17)16(2)12(15-11)9-6-4-7-10(14)8-9/h4,6-8,11-12,15H,3,5H2,1-2H3. The molecule has 1 fully saturated rings. The van der Waals surface area contributed by atoms with Gasteiger partial charge < -0.3 is 4.90 Å². The number of carbonyl (C=O) groups excluding carboxylic acids is 1. The number of rotatable bonds is 3. The molecule has 17 heavy (non-hydrogen) atoms. The van der Waals surface area contributed by atoms with Gasteiger partial charge in [0.05, 0.1) is 6.04 Å². The Hall–Kier alpha value is -1.06. The number of carbonyl (C=O) groups is 1. The Labute approximate surface area is 107 Å². The SMILES string of the molecule is CCCC1NC(c2cccc(Cl)c2)N(C)C1=O. The first-order chi connectivity index (χ1) is 8.13. The van der Waals surface area contributed by atoms with Crippen LogP contribution >= 0.6 is 11.6 Å². The molecule has 2 rings (SSSR count). The Morgan fingerprint density at radius 3 is 2.88 bits per heavy atom. The third-order valence-electron chi connectivity index (χ3n) is 3.13. The van der Waals surface area contributed by atoms with E-state index in [9.17, 15) is 4.79 Å². The minimum Gasteiger partial charge on any atom is -0.325 e. The molecular formula is C13H17ClN2O. The van der Waals surface area contributed by atoms with Crippen LogP contribution in [0.2, 0.25) is 5.02 Å². The van der Waals surface area contributed by atoms with Gasteiger partial charge in [-0.3, -0.25) is 10.1 Å². The maximum absolute atomic E-state index is 12.0. The van der Waals surface area contributed by atoms with Crippen LogP contribution in [0.3, 0.4) is 0 Å². The van der Waals surface area contributed by atoms with Crippen LogP contribution in [0, 0.1) is 0 Å². The zero-order valence-electron chi connectivity index (χ0n) is 10.1. The fraction of sp³-hybridized carbons (Fsp3) is 0.462. The average Bonchev–Trinajstić information content (AvgIpc) is 2.58. The Kier molecular flexibility index (Phi) is 3.69. The highest BCUT2D eigenvalue weighted by molar-refractivity contribution is 6.30. The molecule has 0 saturated carbocycles. The van der Waals surface area contributed by atoms with Gasteiger partial charge in [0.2, 0.25) is 5.91 Å². The molecule has 0 radical (unpaired) electrons. The molecule has 1 aromatic carbocycles. The van der Waals surface area contributed by atoms with E-state index in [1.165, 1.54) is 0 Å². The molecule has 1 aromatic rings. The van der Waals surface area contributed by atoms with Crippen LogP contribution in [0.1, 0.15) is 31.5 Å². The van der Waals surface area contributed by atoms with Crippen molar-refractivity contribution in [2.75, 3.05) is 7.05 Å². The number of amides is 1. The molecule has 0 spiro atoms. The molecule has 0 bridgehead atoms. The lowest BCUT2D eigenvalue weighted by Crippen LogP contribution is -2.28. The molecule has 2 atom stereocenters. The molecular weight excluding hydrogens is 236 g/mol. The second-order valence-electron chi connectivity index (χ2n) is 4.41. The van der Waals surface area contributed by atoms with E-state index >= 15 is 0 Å². The topological polar surface area (TPSA) is 32.3 Å². The van der Waals surface area contributed by atoms with E-state index < -0.39 is 0 Å². The predicted molar refractivity (Wildman–Crippen MR) is 68.8 cm³/mol. The lowest BCUT2D eigenvalue weighted by Gasteiger charge is -2.19. The molecule has 1 saturated heterocycles. The zero-order chi connectivity index (χ0) is 12.4. The maximum Gasteiger partial charge on any atom is 0.241 e. The Morgan fingerprint density at radius 2 is 2.24 bits per heavy atom. The van der Waals surface area contributed by atoms with E-state index in [0.29, 0.717) is 5.02 Å². The first-order valence-electron chi connectivity index (χ1n) is 5.91. The summed E-state index contributed by atoms with van der Waals surface area (Å²) in [6, 6.07) is 7.57. The molecule has 1 aliphatic heterocycles. The van der Waals surface area contributed by atoms with Crippen molar-refractivity contribution >= 4 is 17.5 Å².